The number of nitrogens with one attached hydrogen (secondary N) is 1. The molecule has 1 heterocycles. The van der Waals surface area contributed by atoms with Gasteiger partial charge in [-0.3, -0.25) is 0 Å². The molecular weight excluding hydrogens is 373 g/mol. The fourth-order valence-electron chi connectivity index (χ4n) is 2.99. The molecule has 0 atom stereocenters. The van der Waals surface area contributed by atoms with Gasteiger partial charge in [0.1, 0.15) is 11.6 Å². The van der Waals surface area contributed by atoms with Gasteiger partial charge in [-0.15, -0.1) is 0 Å². The highest BCUT2D eigenvalue weighted by Crippen LogP contribution is 2.53. The molecule has 0 unspecified atom stereocenters. The quantitative estimate of drug-likeness (QED) is 0.799. The van der Waals surface area contributed by atoms with E-state index in [2.05, 4.69) is 58.2 Å². The number of rotatable bonds is 4. The number of aromatic nitrogens is 2. The molecule has 1 aromatic heterocycles. The molecule has 0 amide bonds. The summed E-state index contributed by atoms with van der Waals surface area (Å²) < 4.78 is 1.20. The molecule has 2 fully saturated rings. The van der Waals surface area contributed by atoms with Crippen LogP contribution in [0, 0.1) is 3.57 Å². The van der Waals surface area contributed by atoms with Gasteiger partial charge in [0, 0.05) is 13.0 Å². The van der Waals surface area contributed by atoms with Crippen molar-refractivity contribution in [3.63, 3.8) is 0 Å². The molecule has 0 radical (unpaired) electrons. The summed E-state index contributed by atoms with van der Waals surface area (Å²) in [4.78, 5) is 9.84. The van der Waals surface area contributed by atoms with Crippen LogP contribution < -0.4 is 5.32 Å². The Balaban J connectivity index is 1.83. The first-order valence-electron chi connectivity index (χ1n) is 7.56. The van der Waals surface area contributed by atoms with Gasteiger partial charge in [-0.2, -0.15) is 0 Å². The third kappa shape index (κ3) is 2.24. The summed E-state index contributed by atoms with van der Waals surface area (Å²) >= 11 is 2.39. The number of anilines is 1. The number of hydrogen-bond acceptors (Lipinski definition) is 3. The lowest BCUT2D eigenvalue weighted by Crippen LogP contribution is -2.17. The van der Waals surface area contributed by atoms with Crippen molar-refractivity contribution in [2.45, 2.75) is 37.0 Å². The van der Waals surface area contributed by atoms with Crippen LogP contribution in [0.5, 0.6) is 0 Å². The minimum absolute atomic E-state index is 0.0564. The Hall–Kier alpha value is -1.17. The van der Waals surface area contributed by atoms with E-state index in [4.69, 9.17) is 9.97 Å². The number of halogens is 1. The predicted molar refractivity (Wildman–Crippen MR) is 92.7 cm³/mol. The van der Waals surface area contributed by atoms with Crippen molar-refractivity contribution in [3.05, 3.63) is 51.0 Å². The topological polar surface area (TPSA) is 37.8 Å². The molecule has 4 rings (SSSR count). The van der Waals surface area contributed by atoms with E-state index >= 15 is 0 Å². The van der Waals surface area contributed by atoms with Gasteiger partial charge in [0.05, 0.1) is 14.7 Å². The van der Waals surface area contributed by atoms with Crippen LogP contribution in [0.1, 0.15) is 48.7 Å². The smallest absolute Gasteiger partial charge is 0.143 e. The molecule has 1 N–H and O–H groups in total. The van der Waals surface area contributed by atoms with E-state index < -0.39 is 0 Å². The van der Waals surface area contributed by atoms with Crippen LogP contribution >= 0.6 is 22.6 Å². The summed E-state index contributed by atoms with van der Waals surface area (Å²) in [5.74, 6) is 2.65. The Labute approximate surface area is 138 Å². The van der Waals surface area contributed by atoms with Crippen molar-refractivity contribution in [2.24, 2.45) is 0 Å². The Morgan fingerprint density at radius 3 is 2.43 bits per heavy atom. The van der Waals surface area contributed by atoms with E-state index in [-0.39, 0.29) is 5.41 Å². The van der Waals surface area contributed by atoms with Crippen LogP contribution in [-0.2, 0) is 5.41 Å². The summed E-state index contributed by atoms with van der Waals surface area (Å²) in [6.45, 7) is 0. The second kappa shape index (κ2) is 4.93. The number of benzene rings is 1. The molecule has 0 saturated heterocycles. The zero-order chi connectivity index (χ0) is 14.4. The zero-order valence-corrected chi connectivity index (χ0v) is 14.2. The van der Waals surface area contributed by atoms with E-state index in [1.54, 1.807) is 0 Å². The number of hydrogen-bond donors (Lipinski definition) is 1. The van der Waals surface area contributed by atoms with Gasteiger partial charge in [-0.1, -0.05) is 30.3 Å². The van der Waals surface area contributed by atoms with Crippen LogP contribution in [0.25, 0.3) is 0 Å². The molecule has 2 aliphatic rings. The summed E-state index contributed by atoms with van der Waals surface area (Å²) in [7, 11) is 1.95. The van der Waals surface area contributed by atoms with Crippen molar-refractivity contribution < 1.29 is 0 Å². The molecule has 0 spiro atoms. The highest BCUT2D eigenvalue weighted by atomic mass is 127. The van der Waals surface area contributed by atoms with Crippen LogP contribution in [0.15, 0.2) is 30.3 Å². The molecule has 0 aliphatic heterocycles. The van der Waals surface area contributed by atoms with Gasteiger partial charge in [0.2, 0.25) is 0 Å². The second-order valence-electron chi connectivity index (χ2n) is 6.07. The lowest BCUT2D eigenvalue weighted by atomic mass is 9.95. The van der Waals surface area contributed by atoms with Crippen LogP contribution in [0.3, 0.4) is 0 Å². The molecule has 4 heteroatoms. The second-order valence-corrected chi connectivity index (χ2v) is 7.15. The first-order chi connectivity index (χ1) is 10.2. The maximum atomic E-state index is 4.99. The van der Waals surface area contributed by atoms with Crippen LogP contribution in [-0.4, -0.2) is 17.0 Å². The standard InChI is InChI=1S/C17H18IN3/c1-19-15-13(18)14(11-7-8-11)20-16(21-15)17(9-10-17)12-5-3-2-4-6-12/h2-6,11H,7-10H2,1H3,(H,19,20,21). The predicted octanol–water partition coefficient (Wildman–Crippen LogP) is 4.08. The third-order valence-corrected chi connectivity index (χ3v) is 5.65. The minimum atomic E-state index is 0.0564. The van der Waals surface area contributed by atoms with Crippen molar-refractivity contribution in [1.29, 1.82) is 0 Å². The molecule has 3 nitrogen and oxygen atoms in total. The third-order valence-electron chi connectivity index (χ3n) is 4.58. The fourth-order valence-corrected chi connectivity index (χ4v) is 3.95. The highest BCUT2D eigenvalue weighted by Gasteiger charge is 2.49. The average molecular weight is 391 g/mol. The zero-order valence-electron chi connectivity index (χ0n) is 12.1. The van der Waals surface area contributed by atoms with Crippen LogP contribution in [0.4, 0.5) is 5.82 Å². The first kappa shape index (κ1) is 13.5. The Kier molecular flexibility index (Phi) is 3.17. The van der Waals surface area contributed by atoms with Crippen molar-refractivity contribution in [1.82, 2.24) is 9.97 Å². The maximum absolute atomic E-state index is 4.99. The summed E-state index contributed by atoms with van der Waals surface area (Å²) in [5.41, 5.74) is 2.67. The van der Waals surface area contributed by atoms with Gasteiger partial charge in [-0.05, 0) is 53.8 Å². The summed E-state index contributed by atoms with van der Waals surface area (Å²) in [6, 6.07) is 10.7. The van der Waals surface area contributed by atoms with Gasteiger partial charge in [0.25, 0.3) is 0 Å². The van der Waals surface area contributed by atoms with E-state index in [0.29, 0.717) is 5.92 Å². The maximum Gasteiger partial charge on any atom is 0.143 e. The molecule has 21 heavy (non-hydrogen) atoms. The van der Waals surface area contributed by atoms with E-state index in [9.17, 15) is 0 Å². The lowest BCUT2D eigenvalue weighted by Gasteiger charge is -2.18. The van der Waals surface area contributed by atoms with E-state index in [1.165, 1.54) is 27.7 Å². The molecule has 2 saturated carbocycles. The minimum Gasteiger partial charge on any atom is -0.372 e. The Morgan fingerprint density at radius 1 is 1.14 bits per heavy atom. The summed E-state index contributed by atoms with van der Waals surface area (Å²) in [6.07, 6.45) is 4.86. The van der Waals surface area contributed by atoms with Gasteiger partial charge < -0.3 is 5.32 Å². The molecule has 108 valence electrons. The summed E-state index contributed by atoms with van der Waals surface area (Å²) in [5, 5.41) is 3.25. The van der Waals surface area contributed by atoms with Gasteiger partial charge in [0.15, 0.2) is 0 Å². The first-order valence-corrected chi connectivity index (χ1v) is 8.64. The monoisotopic (exact) mass is 391 g/mol. The molecule has 2 aliphatic carbocycles. The lowest BCUT2D eigenvalue weighted by molar-refractivity contribution is 0.737. The Morgan fingerprint density at radius 2 is 1.86 bits per heavy atom. The van der Waals surface area contributed by atoms with Crippen molar-refractivity contribution in [2.75, 3.05) is 12.4 Å². The molecule has 1 aromatic carbocycles. The van der Waals surface area contributed by atoms with E-state index in [0.717, 1.165) is 24.5 Å². The largest absolute Gasteiger partial charge is 0.372 e. The SMILES string of the molecule is CNc1nc(C2(c3ccccc3)CC2)nc(C2CC2)c1I. The number of nitrogens with zero attached hydrogens (tertiary/aromatic N) is 2. The normalized spacial score (nSPS) is 19.3. The molecule has 0 bridgehead atoms. The van der Waals surface area contributed by atoms with Crippen LogP contribution in [0.2, 0.25) is 0 Å². The van der Waals surface area contributed by atoms with Gasteiger partial charge in [-0.25, -0.2) is 9.97 Å². The van der Waals surface area contributed by atoms with E-state index in [1.807, 2.05) is 7.05 Å². The highest BCUT2D eigenvalue weighted by molar-refractivity contribution is 14.1. The van der Waals surface area contributed by atoms with Crippen molar-refractivity contribution in [3.8, 4) is 0 Å². The van der Waals surface area contributed by atoms with Gasteiger partial charge >= 0.3 is 0 Å². The molecule has 2 aromatic rings. The van der Waals surface area contributed by atoms with Crippen molar-refractivity contribution >= 4 is 28.4 Å². The Bertz CT molecular complexity index is 676. The molecular formula is C17H18IN3. The fraction of sp³-hybridized carbons (Fsp3) is 0.412. The average Bonchev–Trinajstić information content (AvgIpc) is 3.40.